The minimum atomic E-state index is -0.322. The molecule has 0 aliphatic rings. The second-order valence-electron chi connectivity index (χ2n) is 4.10. The average Bonchev–Trinajstić information content (AvgIpc) is 2.33. The molecule has 4 heteroatoms. The largest absolute Gasteiger partial charge is 0.466 e. The monoisotopic (exact) mass is 268 g/mol. The van der Waals surface area contributed by atoms with Crippen LogP contribution in [-0.2, 0) is 9.53 Å². The van der Waals surface area contributed by atoms with Crippen molar-refractivity contribution in [1.29, 1.82) is 0 Å². The number of hydrogen-bond acceptors (Lipinski definition) is 3. The summed E-state index contributed by atoms with van der Waals surface area (Å²) in [6.45, 7) is 4.16. The highest BCUT2D eigenvalue weighted by Gasteiger charge is 2.12. The summed E-state index contributed by atoms with van der Waals surface area (Å²) in [4.78, 5) is 23.2. The van der Waals surface area contributed by atoms with Crippen molar-refractivity contribution in [3.63, 3.8) is 0 Å². The Morgan fingerprint density at radius 3 is 2.61 bits per heavy atom. The van der Waals surface area contributed by atoms with Crippen molar-refractivity contribution >= 4 is 23.4 Å². The fourth-order valence-corrected chi connectivity index (χ4v) is 1.80. The highest BCUT2D eigenvalue weighted by molar-refractivity contribution is 6.30. The van der Waals surface area contributed by atoms with Crippen molar-refractivity contribution in [2.24, 2.45) is 0 Å². The van der Waals surface area contributed by atoms with Crippen LogP contribution in [0.15, 0.2) is 18.2 Å². The highest BCUT2D eigenvalue weighted by Crippen LogP contribution is 2.17. The van der Waals surface area contributed by atoms with Crippen LogP contribution in [0.1, 0.15) is 42.1 Å². The molecule has 0 aliphatic carbocycles. The minimum Gasteiger partial charge on any atom is -0.466 e. The molecule has 0 unspecified atom stereocenters. The van der Waals surface area contributed by atoms with Gasteiger partial charge in [-0.3, -0.25) is 9.59 Å². The molecule has 1 aromatic rings. The molecule has 0 aromatic heterocycles. The van der Waals surface area contributed by atoms with Gasteiger partial charge in [-0.2, -0.15) is 0 Å². The van der Waals surface area contributed by atoms with Gasteiger partial charge >= 0.3 is 5.97 Å². The Kier molecular flexibility index (Phi) is 5.86. The molecule has 0 amide bonds. The molecule has 98 valence electrons. The first kappa shape index (κ1) is 14.7. The number of carbonyl (C=O) groups excluding carboxylic acids is 2. The lowest BCUT2D eigenvalue weighted by molar-refractivity contribution is -0.143. The van der Waals surface area contributed by atoms with E-state index in [2.05, 4.69) is 0 Å². The molecule has 0 bridgehead atoms. The standard InChI is InChI=1S/C14H17ClO3/c1-3-8-18-14(17)7-6-13(16)12-5-4-11(15)9-10(12)2/h4-5,9H,3,6-8H2,1-2H3. The van der Waals surface area contributed by atoms with E-state index in [0.29, 0.717) is 17.2 Å². The Hall–Kier alpha value is -1.35. The van der Waals surface area contributed by atoms with Gasteiger partial charge in [0.25, 0.3) is 0 Å². The summed E-state index contributed by atoms with van der Waals surface area (Å²) in [5.41, 5.74) is 1.44. The maximum absolute atomic E-state index is 11.9. The second kappa shape index (κ2) is 7.17. The zero-order valence-electron chi connectivity index (χ0n) is 10.7. The van der Waals surface area contributed by atoms with E-state index >= 15 is 0 Å². The molecule has 0 heterocycles. The molecule has 0 radical (unpaired) electrons. The SMILES string of the molecule is CCCOC(=O)CCC(=O)c1ccc(Cl)cc1C. The van der Waals surface area contributed by atoms with Crippen molar-refractivity contribution in [3.05, 3.63) is 34.3 Å². The van der Waals surface area contributed by atoms with Crippen LogP contribution in [0, 0.1) is 6.92 Å². The van der Waals surface area contributed by atoms with Crippen LogP contribution in [0.3, 0.4) is 0 Å². The number of Topliss-reactive ketones (excluding diaryl/α,β-unsaturated/α-hetero) is 1. The van der Waals surface area contributed by atoms with Crippen LogP contribution >= 0.6 is 11.6 Å². The van der Waals surface area contributed by atoms with Gasteiger partial charge < -0.3 is 4.74 Å². The summed E-state index contributed by atoms with van der Waals surface area (Å²) in [5, 5.41) is 0.603. The summed E-state index contributed by atoms with van der Waals surface area (Å²) in [6, 6.07) is 5.11. The van der Waals surface area contributed by atoms with E-state index in [1.54, 1.807) is 18.2 Å². The van der Waals surface area contributed by atoms with Crippen LogP contribution in [0.25, 0.3) is 0 Å². The van der Waals surface area contributed by atoms with Gasteiger partial charge in [-0.1, -0.05) is 18.5 Å². The highest BCUT2D eigenvalue weighted by atomic mass is 35.5. The van der Waals surface area contributed by atoms with Crippen molar-refractivity contribution in [2.45, 2.75) is 33.1 Å². The third-order valence-corrected chi connectivity index (χ3v) is 2.75. The number of ether oxygens (including phenoxy) is 1. The third-order valence-electron chi connectivity index (χ3n) is 2.51. The summed E-state index contributed by atoms with van der Waals surface area (Å²) in [6.07, 6.45) is 1.09. The van der Waals surface area contributed by atoms with Crippen LogP contribution in [0.5, 0.6) is 0 Å². The van der Waals surface area contributed by atoms with Gasteiger partial charge in [0.1, 0.15) is 0 Å². The van der Waals surface area contributed by atoms with E-state index in [-0.39, 0.29) is 24.6 Å². The maximum atomic E-state index is 11.9. The lowest BCUT2D eigenvalue weighted by atomic mass is 10.0. The van der Waals surface area contributed by atoms with Gasteiger partial charge in [0.05, 0.1) is 13.0 Å². The van der Waals surface area contributed by atoms with Gasteiger partial charge in [-0.25, -0.2) is 0 Å². The van der Waals surface area contributed by atoms with E-state index in [1.165, 1.54) is 0 Å². The van der Waals surface area contributed by atoms with Gasteiger partial charge in [-0.05, 0) is 37.1 Å². The molecular formula is C14H17ClO3. The van der Waals surface area contributed by atoms with Crippen molar-refractivity contribution in [2.75, 3.05) is 6.61 Å². The summed E-state index contributed by atoms with van der Waals surface area (Å²) in [5.74, 6) is -0.380. The number of esters is 1. The quantitative estimate of drug-likeness (QED) is 0.585. The van der Waals surface area contributed by atoms with Crippen LogP contribution in [0.2, 0.25) is 5.02 Å². The van der Waals surface area contributed by atoms with E-state index < -0.39 is 0 Å². The number of benzene rings is 1. The lowest BCUT2D eigenvalue weighted by Crippen LogP contribution is -2.09. The van der Waals surface area contributed by atoms with Crippen molar-refractivity contribution < 1.29 is 14.3 Å². The van der Waals surface area contributed by atoms with Gasteiger partial charge in [0.2, 0.25) is 0 Å². The molecule has 0 saturated carbocycles. The van der Waals surface area contributed by atoms with Crippen molar-refractivity contribution in [3.8, 4) is 0 Å². The fraction of sp³-hybridized carbons (Fsp3) is 0.429. The number of aryl methyl sites for hydroxylation is 1. The number of ketones is 1. The molecule has 1 aromatic carbocycles. The number of carbonyl (C=O) groups is 2. The minimum absolute atomic E-state index is 0.0578. The summed E-state index contributed by atoms with van der Waals surface area (Å²) in [7, 11) is 0. The average molecular weight is 269 g/mol. The molecule has 0 fully saturated rings. The zero-order chi connectivity index (χ0) is 13.5. The first-order valence-electron chi connectivity index (χ1n) is 5.99. The Balaban J connectivity index is 2.53. The Morgan fingerprint density at radius 1 is 1.28 bits per heavy atom. The third kappa shape index (κ3) is 4.49. The van der Waals surface area contributed by atoms with Gasteiger partial charge in [0, 0.05) is 17.0 Å². The topological polar surface area (TPSA) is 43.4 Å². The van der Waals surface area contributed by atoms with Gasteiger partial charge in [0.15, 0.2) is 5.78 Å². The van der Waals surface area contributed by atoms with E-state index in [9.17, 15) is 9.59 Å². The molecule has 1 rings (SSSR count). The lowest BCUT2D eigenvalue weighted by Gasteiger charge is -2.05. The summed E-state index contributed by atoms with van der Waals surface area (Å²) >= 11 is 5.82. The van der Waals surface area contributed by atoms with Crippen molar-refractivity contribution in [1.82, 2.24) is 0 Å². The number of halogens is 1. The molecule has 0 spiro atoms. The molecule has 0 atom stereocenters. The smallest absolute Gasteiger partial charge is 0.306 e. The molecule has 0 aliphatic heterocycles. The predicted octanol–water partition coefficient (Wildman–Crippen LogP) is 3.56. The molecule has 0 saturated heterocycles. The Bertz CT molecular complexity index is 441. The molecular weight excluding hydrogens is 252 g/mol. The van der Waals surface area contributed by atoms with Crippen LogP contribution < -0.4 is 0 Å². The first-order chi connectivity index (χ1) is 8.54. The van der Waals surface area contributed by atoms with E-state index in [0.717, 1.165) is 12.0 Å². The van der Waals surface area contributed by atoms with E-state index in [4.69, 9.17) is 16.3 Å². The summed E-state index contributed by atoms with van der Waals surface area (Å²) < 4.78 is 4.91. The van der Waals surface area contributed by atoms with Crippen LogP contribution in [0.4, 0.5) is 0 Å². The van der Waals surface area contributed by atoms with E-state index in [1.807, 2.05) is 13.8 Å². The van der Waals surface area contributed by atoms with Gasteiger partial charge in [-0.15, -0.1) is 0 Å². The number of hydrogen-bond donors (Lipinski definition) is 0. The number of rotatable bonds is 6. The maximum Gasteiger partial charge on any atom is 0.306 e. The zero-order valence-corrected chi connectivity index (χ0v) is 11.4. The normalized spacial score (nSPS) is 10.2. The Morgan fingerprint density at radius 2 is 2.00 bits per heavy atom. The second-order valence-corrected chi connectivity index (χ2v) is 4.54. The molecule has 3 nitrogen and oxygen atoms in total. The van der Waals surface area contributed by atoms with Crippen LogP contribution in [-0.4, -0.2) is 18.4 Å². The molecule has 0 N–H and O–H groups in total. The molecule has 18 heavy (non-hydrogen) atoms. The predicted molar refractivity (Wildman–Crippen MR) is 71.0 cm³/mol. The Labute approximate surface area is 112 Å². The fourth-order valence-electron chi connectivity index (χ4n) is 1.58. The first-order valence-corrected chi connectivity index (χ1v) is 6.37.